The fraction of sp³-hybridized carbons (Fsp3) is 0.294. The molecule has 1 nitrogen and oxygen atoms in total. The van der Waals surface area contributed by atoms with Gasteiger partial charge in [-0.3, -0.25) is 0 Å². The third-order valence-corrected chi connectivity index (χ3v) is 3.41. The average molecular weight is 275 g/mol. The first kappa shape index (κ1) is 14.7. The Morgan fingerprint density at radius 2 is 1.40 bits per heavy atom. The van der Waals surface area contributed by atoms with Gasteiger partial charge in [-0.25, -0.2) is 8.78 Å². The Morgan fingerprint density at radius 1 is 0.900 bits per heavy atom. The maximum Gasteiger partial charge on any atom is 0.126 e. The average Bonchev–Trinajstić information content (AvgIpc) is 2.37. The minimum absolute atomic E-state index is 0.266. The van der Waals surface area contributed by atoms with E-state index >= 15 is 0 Å². The van der Waals surface area contributed by atoms with Gasteiger partial charge in [0.2, 0.25) is 0 Å². The smallest absolute Gasteiger partial charge is 0.126 e. The van der Waals surface area contributed by atoms with E-state index in [9.17, 15) is 8.78 Å². The number of hydrogen-bond donors (Lipinski definition) is 1. The van der Waals surface area contributed by atoms with E-state index < -0.39 is 11.6 Å². The Bertz CT molecular complexity index is 556. The van der Waals surface area contributed by atoms with Crippen LogP contribution in [-0.2, 0) is 6.42 Å². The summed E-state index contributed by atoms with van der Waals surface area (Å²) in [5.41, 5.74) is 8.90. The molecule has 2 aromatic rings. The van der Waals surface area contributed by atoms with Crippen molar-refractivity contribution in [2.45, 2.75) is 32.2 Å². The highest BCUT2D eigenvalue weighted by Crippen LogP contribution is 2.21. The van der Waals surface area contributed by atoms with Crippen molar-refractivity contribution in [2.75, 3.05) is 0 Å². The van der Waals surface area contributed by atoms with Crippen LogP contribution in [0.1, 0.15) is 42.5 Å². The van der Waals surface area contributed by atoms with E-state index in [0.29, 0.717) is 17.9 Å². The van der Waals surface area contributed by atoms with Gasteiger partial charge in [0.15, 0.2) is 0 Å². The maximum absolute atomic E-state index is 13.1. The molecule has 2 N–H and O–H groups in total. The molecule has 0 aliphatic rings. The molecule has 0 fully saturated rings. The van der Waals surface area contributed by atoms with Crippen molar-refractivity contribution in [3.63, 3.8) is 0 Å². The van der Waals surface area contributed by atoms with Crippen molar-refractivity contribution in [1.29, 1.82) is 0 Å². The molecule has 2 rings (SSSR count). The lowest BCUT2D eigenvalue weighted by molar-refractivity contribution is 0.576. The highest BCUT2D eigenvalue weighted by atomic mass is 19.1. The lowest BCUT2D eigenvalue weighted by atomic mass is 9.96. The van der Waals surface area contributed by atoms with Crippen LogP contribution in [0.4, 0.5) is 8.78 Å². The highest BCUT2D eigenvalue weighted by molar-refractivity contribution is 5.28. The summed E-state index contributed by atoms with van der Waals surface area (Å²) in [7, 11) is 0. The third kappa shape index (κ3) is 3.64. The van der Waals surface area contributed by atoms with E-state index in [4.69, 9.17) is 5.73 Å². The molecule has 2 aromatic carbocycles. The van der Waals surface area contributed by atoms with Crippen molar-refractivity contribution in [2.24, 2.45) is 5.73 Å². The van der Waals surface area contributed by atoms with Gasteiger partial charge in [-0.2, -0.15) is 0 Å². The van der Waals surface area contributed by atoms with Gasteiger partial charge in [-0.1, -0.05) is 38.1 Å². The fourth-order valence-corrected chi connectivity index (χ4v) is 2.23. The summed E-state index contributed by atoms with van der Waals surface area (Å²) >= 11 is 0. The standard InChI is InChI=1S/C17H19F2N/c1-11(2)13-3-5-14(6-4-13)17(20)9-12-7-15(18)10-16(19)8-12/h3-8,10-11,17H,9,20H2,1-2H3. The quantitative estimate of drug-likeness (QED) is 0.883. The Balaban J connectivity index is 2.13. The molecule has 0 bridgehead atoms. The molecule has 0 saturated heterocycles. The molecule has 0 amide bonds. The summed E-state index contributed by atoms with van der Waals surface area (Å²) < 4.78 is 26.3. The largest absolute Gasteiger partial charge is 0.324 e. The molecule has 0 aromatic heterocycles. The zero-order valence-corrected chi connectivity index (χ0v) is 11.7. The first-order valence-electron chi connectivity index (χ1n) is 6.76. The first-order valence-corrected chi connectivity index (χ1v) is 6.76. The lowest BCUT2D eigenvalue weighted by Gasteiger charge is -2.14. The fourth-order valence-electron chi connectivity index (χ4n) is 2.23. The van der Waals surface area contributed by atoms with Crippen molar-refractivity contribution < 1.29 is 8.78 Å². The van der Waals surface area contributed by atoms with Crippen LogP contribution in [0.3, 0.4) is 0 Å². The molecule has 0 spiro atoms. The van der Waals surface area contributed by atoms with Crippen molar-refractivity contribution in [1.82, 2.24) is 0 Å². The zero-order chi connectivity index (χ0) is 14.7. The van der Waals surface area contributed by atoms with Gasteiger partial charge in [-0.15, -0.1) is 0 Å². The summed E-state index contributed by atoms with van der Waals surface area (Å²) in [6, 6.07) is 11.3. The SMILES string of the molecule is CC(C)c1ccc(C(N)Cc2cc(F)cc(F)c2)cc1. The number of benzene rings is 2. The zero-order valence-electron chi connectivity index (χ0n) is 11.7. The van der Waals surface area contributed by atoms with E-state index in [0.717, 1.165) is 11.6 Å². The summed E-state index contributed by atoms with van der Waals surface area (Å²) in [4.78, 5) is 0. The second kappa shape index (κ2) is 6.14. The van der Waals surface area contributed by atoms with E-state index in [1.54, 1.807) is 0 Å². The summed E-state index contributed by atoms with van der Waals surface area (Å²) in [6.45, 7) is 4.26. The Hall–Kier alpha value is -1.74. The van der Waals surface area contributed by atoms with Crippen LogP contribution in [0.5, 0.6) is 0 Å². The third-order valence-electron chi connectivity index (χ3n) is 3.41. The second-order valence-electron chi connectivity index (χ2n) is 5.41. The predicted octanol–water partition coefficient (Wildman–Crippen LogP) is 4.33. The van der Waals surface area contributed by atoms with Gasteiger partial charge in [0.1, 0.15) is 11.6 Å². The number of halogens is 2. The highest BCUT2D eigenvalue weighted by Gasteiger charge is 2.10. The number of hydrogen-bond acceptors (Lipinski definition) is 1. The van der Waals surface area contributed by atoms with E-state index in [-0.39, 0.29) is 6.04 Å². The van der Waals surface area contributed by atoms with Gasteiger partial charge in [0.25, 0.3) is 0 Å². The Kier molecular flexibility index (Phi) is 4.50. The topological polar surface area (TPSA) is 26.0 Å². The van der Waals surface area contributed by atoms with Crippen LogP contribution in [0.2, 0.25) is 0 Å². The van der Waals surface area contributed by atoms with Crippen LogP contribution in [0, 0.1) is 11.6 Å². The van der Waals surface area contributed by atoms with Crippen molar-refractivity contribution in [3.05, 3.63) is 70.8 Å². The minimum atomic E-state index is -0.567. The molecular formula is C17H19F2N. The minimum Gasteiger partial charge on any atom is -0.324 e. The van der Waals surface area contributed by atoms with Gasteiger partial charge < -0.3 is 5.73 Å². The van der Waals surface area contributed by atoms with Crippen LogP contribution in [0.25, 0.3) is 0 Å². The van der Waals surface area contributed by atoms with Crippen LogP contribution < -0.4 is 5.73 Å². The van der Waals surface area contributed by atoms with Crippen LogP contribution >= 0.6 is 0 Å². The van der Waals surface area contributed by atoms with Gasteiger partial charge in [0.05, 0.1) is 0 Å². The lowest BCUT2D eigenvalue weighted by Crippen LogP contribution is -2.13. The normalized spacial score (nSPS) is 12.7. The van der Waals surface area contributed by atoms with Gasteiger partial charge in [0, 0.05) is 12.1 Å². The summed E-state index contributed by atoms with van der Waals surface area (Å²) in [5.74, 6) is -0.665. The van der Waals surface area contributed by atoms with E-state index in [2.05, 4.69) is 13.8 Å². The van der Waals surface area contributed by atoms with Crippen LogP contribution in [-0.4, -0.2) is 0 Å². The molecule has 1 unspecified atom stereocenters. The predicted molar refractivity (Wildman–Crippen MR) is 77.5 cm³/mol. The second-order valence-corrected chi connectivity index (χ2v) is 5.41. The van der Waals surface area contributed by atoms with E-state index in [1.165, 1.54) is 17.7 Å². The maximum atomic E-state index is 13.1. The molecule has 20 heavy (non-hydrogen) atoms. The Labute approximate surface area is 118 Å². The molecule has 1 atom stereocenters. The molecule has 3 heteroatoms. The van der Waals surface area contributed by atoms with Gasteiger partial charge in [-0.05, 0) is 41.2 Å². The molecule has 106 valence electrons. The molecule has 0 heterocycles. The first-order chi connectivity index (χ1) is 9.45. The van der Waals surface area contributed by atoms with Crippen molar-refractivity contribution in [3.8, 4) is 0 Å². The summed E-state index contributed by atoms with van der Waals surface area (Å²) in [5, 5.41) is 0. The Morgan fingerprint density at radius 3 is 1.90 bits per heavy atom. The number of nitrogens with two attached hydrogens (primary N) is 1. The van der Waals surface area contributed by atoms with E-state index in [1.807, 2.05) is 24.3 Å². The molecular weight excluding hydrogens is 256 g/mol. The summed E-state index contributed by atoms with van der Waals surface area (Å²) in [6.07, 6.45) is 0.412. The molecule has 0 radical (unpaired) electrons. The molecule has 0 saturated carbocycles. The van der Waals surface area contributed by atoms with Crippen LogP contribution in [0.15, 0.2) is 42.5 Å². The molecule has 0 aliphatic heterocycles. The molecule has 0 aliphatic carbocycles. The van der Waals surface area contributed by atoms with Crippen molar-refractivity contribution >= 4 is 0 Å². The monoisotopic (exact) mass is 275 g/mol. The van der Waals surface area contributed by atoms with Gasteiger partial charge >= 0.3 is 0 Å². The number of rotatable bonds is 4.